The van der Waals surface area contributed by atoms with E-state index in [9.17, 15) is 9.59 Å². The van der Waals surface area contributed by atoms with Crippen molar-refractivity contribution in [3.63, 3.8) is 0 Å². The minimum atomic E-state index is -0.768. The Morgan fingerprint density at radius 1 is 1.06 bits per heavy atom. The van der Waals surface area contributed by atoms with Crippen molar-refractivity contribution < 1.29 is 14.7 Å². The molecule has 0 heterocycles. The van der Waals surface area contributed by atoms with E-state index in [1.54, 1.807) is 0 Å². The lowest BCUT2D eigenvalue weighted by molar-refractivity contribution is -0.142. The first kappa shape index (κ1) is 13.4. The summed E-state index contributed by atoms with van der Waals surface area (Å²) in [5.41, 5.74) is 0. The molecule has 102 valence electrons. The van der Waals surface area contributed by atoms with Gasteiger partial charge in [-0.1, -0.05) is 13.3 Å². The lowest BCUT2D eigenvalue weighted by Gasteiger charge is -2.27. The molecule has 0 spiro atoms. The van der Waals surface area contributed by atoms with E-state index in [4.69, 9.17) is 5.11 Å². The molecule has 2 aliphatic carbocycles. The van der Waals surface area contributed by atoms with Crippen LogP contribution in [-0.2, 0) is 9.59 Å². The largest absolute Gasteiger partial charge is 0.481 e. The average molecular weight is 253 g/mol. The highest BCUT2D eigenvalue weighted by molar-refractivity contribution is 5.80. The second kappa shape index (κ2) is 5.72. The van der Waals surface area contributed by atoms with Crippen molar-refractivity contribution in [2.24, 2.45) is 17.8 Å². The van der Waals surface area contributed by atoms with Gasteiger partial charge < -0.3 is 10.4 Å². The molecule has 1 amide bonds. The zero-order valence-electron chi connectivity index (χ0n) is 11.0. The number of aliphatic carboxylic acids is 1. The van der Waals surface area contributed by atoms with Gasteiger partial charge in [0.15, 0.2) is 0 Å². The van der Waals surface area contributed by atoms with Crippen molar-refractivity contribution in [3.8, 4) is 0 Å². The standard InChI is InChI=1S/C14H23NO3/c1-9-5-7-10(8-6-9)13(16)15-12-4-2-3-11(12)14(17)18/h9-12H,2-8H2,1H3,(H,15,16)(H,17,18). The van der Waals surface area contributed by atoms with Crippen LogP contribution in [-0.4, -0.2) is 23.0 Å². The molecule has 2 N–H and O–H groups in total. The molecule has 18 heavy (non-hydrogen) atoms. The third kappa shape index (κ3) is 3.03. The first-order chi connectivity index (χ1) is 8.58. The summed E-state index contributed by atoms with van der Waals surface area (Å²) in [4.78, 5) is 23.2. The molecule has 2 unspecified atom stereocenters. The second-order valence-electron chi connectivity index (χ2n) is 5.95. The van der Waals surface area contributed by atoms with Crippen LogP contribution in [0.1, 0.15) is 51.9 Å². The molecule has 0 aromatic heterocycles. The molecule has 0 aliphatic heterocycles. The fraction of sp³-hybridized carbons (Fsp3) is 0.857. The Morgan fingerprint density at radius 3 is 2.33 bits per heavy atom. The summed E-state index contributed by atoms with van der Waals surface area (Å²) in [5, 5.41) is 12.1. The lowest BCUT2D eigenvalue weighted by atomic mass is 9.82. The Hall–Kier alpha value is -1.06. The third-order valence-electron chi connectivity index (χ3n) is 4.55. The minimum Gasteiger partial charge on any atom is -0.481 e. The first-order valence-corrected chi connectivity index (χ1v) is 7.11. The van der Waals surface area contributed by atoms with Gasteiger partial charge in [-0.25, -0.2) is 0 Å². The van der Waals surface area contributed by atoms with Crippen LogP contribution in [0.4, 0.5) is 0 Å². The molecule has 2 atom stereocenters. The molecule has 2 rings (SSSR count). The molecule has 4 nitrogen and oxygen atoms in total. The number of carboxylic acids is 1. The lowest BCUT2D eigenvalue weighted by Crippen LogP contribution is -2.43. The van der Waals surface area contributed by atoms with Gasteiger partial charge >= 0.3 is 5.97 Å². The van der Waals surface area contributed by atoms with Crippen molar-refractivity contribution in [1.82, 2.24) is 5.32 Å². The highest BCUT2D eigenvalue weighted by Gasteiger charge is 2.35. The molecule has 0 radical (unpaired) electrons. The van der Waals surface area contributed by atoms with Gasteiger partial charge in [-0.05, 0) is 44.4 Å². The quantitative estimate of drug-likeness (QED) is 0.810. The van der Waals surface area contributed by atoms with Gasteiger partial charge in [0.1, 0.15) is 0 Å². The smallest absolute Gasteiger partial charge is 0.308 e. The number of nitrogens with one attached hydrogen (secondary N) is 1. The zero-order valence-corrected chi connectivity index (χ0v) is 11.0. The van der Waals surface area contributed by atoms with Crippen LogP contribution in [0.5, 0.6) is 0 Å². The van der Waals surface area contributed by atoms with E-state index in [0.717, 1.165) is 44.4 Å². The summed E-state index contributed by atoms with van der Waals surface area (Å²) >= 11 is 0. The van der Waals surface area contributed by atoms with Crippen LogP contribution >= 0.6 is 0 Å². The van der Waals surface area contributed by atoms with E-state index in [0.29, 0.717) is 6.42 Å². The van der Waals surface area contributed by atoms with Crippen molar-refractivity contribution >= 4 is 11.9 Å². The molecule has 0 aromatic rings. The average Bonchev–Trinajstić information content (AvgIpc) is 2.78. The number of carbonyl (C=O) groups excluding carboxylic acids is 1. The van der Waals surface area contributed by atoms with E-state index >= 15 is 0 Å². The summed E-state index contributed by atoms with van der Waals surface area (Å²) in [6, 6.07) is -0.144. The maximum absolute atomic E-state index is 12.1. The van der Waals surface area contributed by atoms with Crippen molar-refractivity contribution in [2.75, 3.05) is 0 Å². The SMILES string of the molecule is CC1CCC(C(=O)NC2CCCC2C(=O)O)CC1. The minimum absolute atomic E-state index is 0.0834. The number of amides is 1. The normalized spacial score (nSPS) is 36.3. The summed E-state index contributed by atoms with van der Waals surface area (Å²) < 4.78 is 0. The highest BCUT2D eigenvalue weighted by Crippen LogP contribution is 2.30. The fourth-order valence-corrected chi connectivity index (χ4v) is 3.25. The van der Waals surface area contributed by atoms with Crippen molar-refractivity contribution in [2.45, 2.75) is 57.9 Å². The Kier molecular flexibility index (Phi) is 4.25. The maximum Gasteiger partial charge on any atom is 0.308 e. The van der Waals surface area contributed by atoms with Gasteiger partial charge in [0.05, 0.1) is 5.92 Å². The maximum atomic E-state index is 12.1. The predicted octanol–water partition coefficient (Wildman–Crippen LogP) is 2.18. The number of carbonyl (C=O) groups is 2. The molecule has 2 saturated carbocycles. The van der Waals surface area contributed by atoms with E-state index in [2.05, 4.69) is 12.2 Å². The number of hydrogen-bond donors (Lipinski definition) is 2. The molecular formula is C14H23NO3. The van der Waals surface area contributed by atoms with Crippen LogP contribution in [0.3, 0.4) is 0 Å². The van der Waals surface area contributed by atoms with Gasteiger partial charge in [-0.15, -0.1) is 0 Å². The van der Waals surface area contributed by atoms with Crippen molar-refractivity contribution in [3.05, 3.63) is 0 Å². The predicted molar refractivity (Wildman–Crippen MR) is 68.0 cm³/mol. The highest BCUT2D eigenvalue weighted by atomic mass is 16.4. The third-order valence-corrected chi connectivity index (χ3v) is 4.55. The van der Waals surface area contributed by atoms with Crippen LogP contribution in [0, 0.1) is 17.8 Å². The van der Waals surface area contributed by atoms with Gasteiger partial charge in [-0.2, -0.15) is 0 Å². The van der Waals surface area contributed by atoms with Crippen LogP contribution in [0.2, 0.25) is 0 Å². The Morgan fingerprint density at radius 2 is 1.72 bits per heavy atom. The van der Waals surface area contributed by atoms with E-state index in [-0.39, 0.29) is 23.8 Å². The van der Waals surface area contributed by atoms with Gasteiger partial charge in [-0.3, -0.25) is 9.59 Å². The first-order valence-electron chi connectivity index (χ1n) is 7.11. The second-order valence-corrected chi connectivity index (χ2v) is 5.95. The fourth-order valence-electron chi connectivity index (χ4n) is 3.25. The van der Waals surface area contributed by atoms with E-state index in [1.165, 1.54) is 0 Å². The monoisotopic (exact) mass is 253 g/mol. The number of carboxylic acid groups (broad SMARTS) is 1. The Labute approximate surface area is 108 Å². The molecule has 4 heteroatoms. The molecule has 0 aromatic carbocycles. The Balaban J connectivity index is 1.85. The number of rotatable bonds is 3. The molecule has 2 fully saturated rings. The Bertz CT molecular complexity index is 321. The van der Waals surface area contributed by atoms with E-state index < -0.39 is 5.97 Å². The summed E-state index contributed by atoms with van der Waals surface area (Å²) in [6.45, 7) is 2.23. The van der Waals surface area contributed by atoms with Gasteiger partial charge in [0.2, 0.25) is 5.91 Å². The zero-order chi connectivity index (χ0) is 13.1. The summed E-state index contributed by atoms with van der Waals surface area (Å²) in [7, 11) is 0. The molecular weight excluding hydrogens is 230 g/mol. The topological polar surface area (TPSA) is 66.4 Å². The molecule has 0 bridgehead atoms. The van der Waals surface area contributed by atoms with Crippen LogP contribution in [0.15, 0.2) is 0 Å². The van der Waals surface area contributed by atoms with Crippen LogP contribution in [0.25, 0.3) is 0 Å². The molecule has 0 saturated heterocycles. The van der Waals surface area contributed by atoms with Gasteiger partial charge in [0.25, 0.3) is 0 Å². The number of hydrogen-bond acceptors (Lipinski definition) is 2. The molecule has 2 aliphatic rings. The van der Waals surface area contributed by atoms with E-state index in [1.807, 2.05) is 0 Å². The summed E-state index contributed by atoms with van der Waals surface area (Å²) in [5.74, 6) is -0.227. The van der Waals surface area contributed by atoms with Crippen molar-refractivity contribution in [1.29, 1.82) is 0 Å². The van der Waals surface area contributed by atoms with Crippen LogP contribution < -0.4 is 5.32 Å². The van der Waals surface area contributed by atoms with Gasteiger partial charge in [0, 0.05) is 12.0 Å². The summed E-state index contributed by atoms with van der Waals surface area (Å²) in [6.07, 6.45) is 6.56.